The van der Waals surface area contributed by atoms with E-state index in [2.05, 4.69) is 30.1 Å². The Kier molecular flexibility index (Phi) is 8.86. The first-order valence-corrected chi connectivity index (χ1v) is 5.93. The van der Waals surface area contributed by atoms with Crippen LogP contribution in [0.3, 0.4) is 0 Å². The second kappa shape index (κ2) is 8.96. The predicted molar refractivity (Wildman–Crippen MR) is 65.0 cm³/mol. The Morgan fingerprint density at radius 2 is 2.08 bits per heavy atom. The van der Waals surface area contributed by atoms with Crippen molar-refractivity contribution < 1.29 is 0 Å². The molecule has 5 heteroatoms. The summed E-state index contributed by atoms with van der Waals surface area (Å²) in [5, 5.41) is 11.7. The second-order valence-electron chi connectivity index (χ2n) is 1.39. The van der Waals surface area contributed by atoms with E-state index >= 15 is 0 Å². The van der Waals surface area contributed by atoms with Crippen LogP contribution in [0.5, 0.6) is 0 Å². The Hall–Kier alpha value is -0.130. The van der Waals surface area contributed by atoms with Crippen LogP contribution in [0.2, 0.25) is 0 Å². The van der Waals surface area contributed by atoms with E-state index in [1.54, 1.807) is 34.3 Å². The zero-order chi connectivity index (χ0) is 9.23. The summed E-state index contributed by atoms with van der Waals surface area (Å²) < 4.78 is 0.856. The smallest absolute Gasteiger partial charge is 0.157 e. The van der Waals surface area contributed by atoms with Crippen LogP contribution < -0.4 is 0 Å². The molecule has 0 aliphatic carbocycles. The molecule has 0 aliphatic rings. The van der Waals surface area contributed by atoms with Gasteiger partial charge in [0.1, 0.15) is 0 Å². The van der Waals surface area contributed by atoms with Crippen molar-refractivity contribution in [2.24, 2.45) is 10.2 Å². The van der Waals surface area contributed by atoms with Gasteiger partial charge in [-0.05, 0) is 10.8 Å². The molecule has 0 saturated carbocycles. The van der Waals surface area contributed by atoms with Gasteiger partial charge in [0.05, 0.1) is 5.08 Å². The van der Waals surface area contributed by atoms with E-state index in [4.69, 9.17) is 0 Å². The summed E-state index contributed by atoms with van der Waals surface area (Å²) in [6.07, 6.45) is 0. The topological polar surface area (TPSA) is 24.7 Å². The van der Waals surface area contributed by atoms with Gasteiger partial charge in [-0.1, -0.05) is 36.7 Å². The molecule has 0 saturated heterocycles. The lowest BCUT2D eigenvalue weighted by molar-refractivity contribution is 1.29. The molecular formula is C7H10N2S3. The molecule has 0 atom stereocenters. The number of hydrogen-bond acceptors (Lipinski definition) is 5. The molecule has 0 N–H and O–H groups in total. The molecule has 0 spiro atoms. The monoisotopic (exact) mass is 218 g/mol. The van der Waals surface area contributed by atoms with Crippen LogP contribution in [0.15, 0.2) is 34.2 Å². The predicted octanol–water partition coefficient (Wildman–Crippen LogP) is 3.40. The molecule has 2 nitrogen and oxygen atoms in total. The minimum absolute atomic E-state index is 0.856. The third-order valence-electron chi connectivity index (χ3n) is 0.705. The normalized spacial score (nSPS) is 10.8. The molecule has 0 aliphatic heterocycles. The number of rotatable bonds is 5. The van der Waals surface area contributed by atoms with Crippen molar-refractivity contribution in [3.05, 3.63) is 24.0 Å². The SMILES string of the molecule is C=CSCS/C(=N\N=C)SC=C. The highest BCUT2D eigenvalue weighted by atomic mass is 32.2. The molecule has 0 heterocycles. The van der Waals surface area contributed by atoms with Crippen molar-refractivity contribution in [2.45, 2.75) is 0 Å². The summed E-state index contributed by atoms with van der Waals surface area (Å²) in [4.78, 5) is 0. The highest BCUT2D eigenvalue weighted by Crippen LogP contribution is 2.22. The van der Waals surface area contributed by atoms with Gasteiger partial charge < -0.3 is 0 Å². The van der Waals surface area contributed by atoms with Gasteiger partial charge in [-0.25, -0.2) is 0 Å². The van der Waals surface area contributed by atoms with E-state index in [0.717, 1.165) is 9.46 Å². The van der Waals surface area contributed by atoms with E-state index in [-0.39, 0.29) is 0 Å². The largest absolute Gasteiger partial charge is 0.165 e. The third kappa shape index (κ3) is 6.57. The average Bonchev–Trinajstić information content (AvgIpc) is 2.06. The summed E-state index contributed by atoms with van der Waals surface area (Å²) in [7, 11) is 0. The molecule has 0 unspecified atom stereocenters. The van der Waals surface area contributed by atoms with Gasteiger partial charge in [0.25, 0.3) is 0 Å². The van der Waals surface area contributed by atoms with E-state index < -0.39 is 0 Å². The fourth-order valence-corrected chi connectivity index (χ4v) is 2.68. The van der Waals surface area contributed by atoms with Crippen molar-refractivity contribution in [2.75, 3.05) is 5.08 Å². The molecule has 0 aromatic carbocycles. The molecule has 0 amide bonds. The Morgan fingerprint density at radius 1 is 1.33 bits per heavy atom. The molecule has 0 fully saturated rings. The van der Waals surface area contributed by atoms with E-state index in [0.29, 0.717) is 0 Å². The lowest BCUT2D eigenvalue weighted by Gasteiger charge is -1.97. The van der Waals surface area contributed by atoms with Crippen LogP contribution in [-0.4, -0.2) is 16.2 Å². The molecule has 0 aromatic heterocycles. The standard InChI is InChI=1S/C7H10N2S3/c1-4-10-6-12-7(9-8-3)11-5-2/h4-5H,1-3,6H2/b9-7-. The van der Waals surface area contributed by atoms with Crippen LogP contribution in [0.4, 0.5) is 0 Å². The van der Waals surface area contributed by atoms with Crippen molar-refractivity contribution in [3.8, 4) is 0 Å². The van der Waals surface area contributed by atoms with Crippen LogP contribution >= 0.6 is 35.3 Å². The van der Waals surface area contributed by atoms with Gasteiger partial charge in [0.15, 0.2) is 4.38 Å². The highest BCUT2D eigenvalue weighted by molar-refractivity contribution is 8.42. The maximum Gasteiger partial charge on any atom is 0.157 e. The van der Waals surface area contributed by atoms with Gasteiger partial charge in [0, 0.05) is 6.72 Å². The summed E-state index contributed by atoms with van der Waals surface area (Å²) >= 11 is 4.67. The van der Waals surface area contributed by atoms with Crippen molar-refractivity contribution >= 4 is 46.4 Å². The Bertz CT molecular complexity index is 189. The number of nitrogens with zero attached hydrogens (tertiary/aromatic N) is 2. The zero-order valence-electron chi connectivity index (χ0n) is 6.60. The van der Waals surface area contributed by atoms with Crippen molar-refractivity contribution in [1.29, 1.82) is 0 Å². The summed E-state index contributed by atoms with van der Waals surface area (Å²) in [6.45, 7) is 10.5. The molecule has 0 bridgehead atoms. The maximum atomic E-state index is 3.82. The van der Waals surface area contributed by atoms with Gasteiger partial charge >= 0.3 is 0 Å². The average molecular weight is 218 g/mol. The molecule has 66 valence electrons. The fourth-order valence-electron chi connectivity index (χ4n) is 0.348. The van der Waals surface area contributed by atoms with Crippen LogP contribution in [0.1, 0.15) is 0 Å². The molecular weight excluding hydrogens is 208 g/mol. The summed E-state index contributed by atoms with van der Waals surface area (Å²) in [5.41, 5.74) is 0. The quantitative estimate of drug-likeness (QED) is 0.232. The van der Waals surface area contributed by atoms with E-state index in [9.17, 15) is 0 Å². The van der Waals surface area contributed by atoms with Crippen LogP contribution in [0, 0.1) is 0 Å². The Morgan fingerprint density at radius 3 is 2.58 bits per heavy atom. The Balaban J connectivity index is 3.77. The minimum Gasteiger partial charge on any atom is -0.165 e. The number of hydrogen-bond donors (Lipinski definition) is 0. The van der Waals surface area contributed by atoms with Crippen LogP contribution in [0.25, 0.3) is 0 Å². The van der Waals surface area contributed by atoms with Gasteiger partial charge in [-0.3, -0.25) is 0 Å². The van der Waals surface area contributed by atoms with E-state index in [1.807, 2.05) is 0 Å². The first-order chi connectivity index (χ1) is 5.85. The molecule has 0 radical (unpaired) electrons. The molecule has 0 rings (SSSR count). The van der Waals surface area contributed by atoms with Gasteiger partial charge in [-0.15, -0.1) is 16.9 Å². The number of thioether (sulfide) groups is 3. The lowest BCUT2D eigenvalue weighted by atomic mass is 11.3. The zero-order valence-corrected chi connectivity index (χ0v) is 9.05. The molecule has 0 aromatic rings. The maximum absolute atomic E-state index is 3.82. The summed E-state index contributed by atoms with van der Waals surface area (Å²) in [6, 6.07) is 0. The van der Waals surface area contributed by atoms with Crippen LogP contribution in [-0.2, 0) is 0 Å². The van der Waals surface area contributed by atoms with Crippen molar-refractivity contribution in [1.82, 2.24) is 0 Å². The van der Waals surface area contributed by atoms with Crippen molar-refractivity contribution in [3.63, 3.8) is 0 Å². The fraction of sp³-hybridized carbons (Fsp3) is 0.143. The van der Waals surface area contributed by atoms with Gasteiger partial charge in [-0.2, -0.15) is 5.10 Å². The highest BCUT2D eigenvalue weighted by Gasteiger charge is 1.97. The third-order valence-corrected chi connectivity index (χ3v) is 3.38. The summed E-state index contributed by atoms with van der Waals surface area (Å²) in [5.74, 6) is 0. The van der Waals surface area contributed by atoms with Gasteiger partial charge in [0.2, 0.25) is 0 Å². The first-order valence-electron chi connectivity index (χ1n) is 3.01. The van der Waals surface area contributed by atoms with E-state index in [1.165, 1.54) is 11.8 Å². The lowest BCUT2D eigenvalue weighted by Crippen LogP contribution is -1.81. The minimum atomic E-state index is 0.856. The Labute approximate surface area is 85.7 Å². The first kappa shape index (κ1) is 11.9. The second-order valence-corrected chi connectivity index (χ2v) is 4.89. The molecule has 12 heavy (non-hydrogen) atoms.